The van der Waals surface area contributed by atoms with Gasteiger partial charge >= 0.3 is 11.9 Å². The fourth-order valence-electron chi connectivity index (χ4n) is 2.92. The molecule has 0 spiro atoms. The van der Waals surface area contributed by atoms with Gasteiger partial charge in [-0.3, -0.25) is 0 Å². The fourth-order valence-corrected chi connectivity index (χ4v) is 2.92. The van der Waals surface area contributed by atoms with Crippen LogP contribution in [0.25, 0.3) is 6.08 Å². The summed E-state index contributed by atoms with van der Waals surface area (Å²) in [7, 11) is 0. The van der Waals surface area contributed by atoms with Crippen molar-refractivity contribution in [2.24, 2.45) is 0 Å². The normalized spacial score (nSPS) is 10.7. The molecule has 0 saturated carbocycles. The van der Waals surface area contributed by atoms with E-state index in [1.54, 1.807) is 31.2 Å². The Balaban J connectivity index is 1.54. The lowest BCUT2D eigenvalue weighted by molar-refractivity contribution is -0.146. The van der Waals surface area contributed by atoms with Gasteiger partial charge in [0.25, 0.3) is 0 Å². The maximum atomic E-state index is 11.7. The van der Waals surface area contributed by atoms with Crippen molar-refractivity contribution in [1.29, 1.82) is 0 Å². The first-order valence-electron chi connectivity index (χ1n) is 11.5. The molecule has 4 N–H and O–H groups in total. The first-order valence-corrected chi connectivity index (χ1v) is 11.5. The van der Waals surface area contributed by atoms with Crippen LogP contribution in [0.1, 0.15) is 38.2 Å². The van der Waals surface area contributed by atoms with Crippen LogP contribution < -0.4 is 20.9 Å². The van der Waals surface area contributed by atoms with Crippen LogP contribution in [-0.2, 0) is 19.1 Å². The maximum Gasteiger partial charge on any atom is 0.333 e. The number of hydrogen-bond acceptors (Lipinski definition) is 8. The lowest BCUT2D eigenvalue weighted by atomic mass is 10.2. The van der Waals surface area contributed by atoms with E-state index in [1.165, 1.54) is 6.08 Å². The minimum absolute atomic E-state index is 0.0101. The molecule has 0 heterocycles. The molecule has 8 heteroatoms. The third-order valence-corrected chi connectivity index (χ3v) is 4.80. The van der Waals surface area contributed by atoms with E-state index in [1.807, 2.05) is 24.3 Å². The summed E-state index contributed by atoms with van der Waals surface area (Å²) in [5.41, 5.74) is 13.9. The topological polar surface area (TPSA) is 123 Å². The zero-order valence-corrected chi connectivity index (χ0v) is 20.2. The lowest BCUT2D eigenvalue weighted by Gasteiger charge is -2.09. The van der Waals surface area contributed by atoms with Crippen molar-refractivity contribution in [2.45, 2.75) is 32.6 Å². The second-order valence-corrected chi connectivity index (χ2v) is 7.89. The van der Waals surface area contributed by atoms with Crippen LogP contribution in [0.2, 0.25) is 0 Å². The van der Waals surface area contributed by atoms with E-state index in [2.05, 4.69) is 6.58 Å². The first-order chi connectivity index (χ1) is 16.8. The molecule has 0 radical (unpaired) electrons. The van der Waals surface area contributed by atoms with Crippen molar-refractivity contribution in [1.82, 2.24) is 0 Å². The second-order valence-electron chi connectivity index (χ2n) is 7.89. The number of benzene rings is 2. The molecular weight excluding hydrogens is 448 g/mol. The van der Waals surface area contributed by atoms with E-state index in [0.29, 0.717) is 35.9 Å². The van der Waals surface area contributed by atoms with Crippen molar-refractivity contribution in [2.75, 3.05) is 37.9 Å². The van der Waals surface area contributed by atoms with Gasteiger partial charge in [-0.15, -0.1) is 0 Å². The smallest absolute Gasteiger partial charge is 0.333 e. The summed E-state index contributed by atoms with van der Waals surface area (Å²) in [5.74, 6) is 0.412. The van der Waals surface area contributed by atoms with Crippen molar-refractivity contribution in [3.8, 4) is 11.5 Å². The average Bonchev–Trinajstić information content (AvgIpc) is 2.83. The van der Waals surface area contributed by atoms with Crippen LogP contribution in [0.3, 0.4) is 0 Å². The van der Waals surface area contributed by atoms with Gasteiger partial charge in [-0.25, -0.2) is 9.59 Å². The molecule has 0 fully saturated rings. The molecule has 35 heavy (non-hydrogen) atoms. The quantitative estimate of drug-likeness (QED) is 0.164. The lowest BCUT2D eigenvalue weighted by Crippen LogP contribution is -2.12. The molecular formula is C27H34N2O6. The van der Waals surface area contributed by atoms with E-state index in [0.717, 1.165) is 37.0 Å². The summed E-state index contributed by atoms with van der Waals surface area (Å²) in [6.45, 7) is 6.24. The molecule has 0 atom stereocenters. The summed E-state index contributed by atoms with van der Waals surface area (Å²) >= 11 is 0. The van der Waals surface area contributed by atoms with Gasteiger partial charge in [-0.1, -0.05) is 18.7 Å². The Morgan fingerprint density at radius 2 is 1.51 bits per heavy atom. The molecule has 0 amide bonds. The predicted octanol–water partition coefficient (Wildman–Crippen LogP) is 4.54. The van der Waals surface area contributed by atoms with E-state index in [-0.39, 0.29) is 13.2 Å². The van der Waals surface area contributed by atoms with E-state index < -0.39 is 11.9 Å². The highest BCUT2D eigenvalue weighted by Gasteiger charge is 2.04. The summed E-state index contributed by atoms with van der Waals surface area (Å²) in [6, 6.07) is 12.7. The number of unbranched alkanes of at least 4 members (excludes halogenated alkanes) is 3. The van der Waals surface area contributed by atoms with Crippen LogP contribution in [0, 0.1) is 0 Å². The highest BCUT2D eigenvalue weighted by atomic mass is 16.6. The van der Waals surface area contributed by atoms with E-state index in [4.69, 9.17) is 30.4 Å². The zero-order chi connectivity index (χ0) is 25.5. The maximum absolute atomic E-state index is 11.7. The van der Waals surface area contributed by atoms with E-state index in [9.17, 15) is 9.59 Å². The summed E-state index contributed by atoms with van der Waals surface area (Å²) in [5, 5.41) is 0. The molecule has 188 valence electrons. The summed E-state index contributed by atoms with van der Waals surface area (Å²) < 4.78 is 21.3. The molecule has 0 aliphatic carbocycles. The SMILES string of the molecule is C=C(C)C(=O)OCCOC(=O)/C=C/c1ccc(OCCCCCCOc2ccc(N)cc2N)cc1. The third kappa shape index (κ3) is 11.2. The molecule has 0 bridgehead atoms. The minimum atomic E-state index is -0.515. The van der Waals surface area contributed by atoms with Crippen molar-refractivity contribution >= 4 is 29.4 Å². The number of rotatable bonds is 15. The molecule has 2 rings (SSSR count). The van der Waals surface area contributed by atoms with Gasteiger partial charge in [-0.05, 0) is 74.6 Å². The number of carbonyl (C=O) groups is 2. The fraction of sp³-hybridized carbons (Fsp3) is 0.333. The third-order valence-electron chi connectivity index (χ3n) is 4.80. The van der Waals surface area contributed by atoms with Gasteiger partial charge in [0.2, 0.25) is 0 Å². The number of nitrogens with two attached hydrogens (primary N) is 2. The van der Waals surface area contributed by atoms with Crippen LogP contribution in [-0.4, -0.2) is 38.4 Å². The number of hydrogen-bond donors (Lipinski definition) is 2. The Bertz CT molecular complexity index is 1000. The Labute approximate surface area is 206 Å². The number of nitrogen functional groups attached to an aromatic ring is 2. The van der Waals surface area contributed by atoms with E-state index >= 15 is 0 Å². The summed E-state index contributed by atoms with van der Waals surface area (Å²) in [4.78, 5) is 22.9. The van der Waals surface area contributed by atoms with Gasteiger partial charge in [0.1, 0.15) is 24.7 Å². The highest BCUT2D eigenvalue weighted by molar-refractivity contribution is 5.87. The Kier molecular flexibility index (Phi) is 11.7. The largest absolute Gasteiger partial charge is 0.494 e. The van der Waals surface area contributed by atoms with Gasteiger partial charge in [0.15, 0.2) is 0 Å². The van der Waals surface area contributed by atoms with Gasteiger partial charge in [0.05, 0.1) is 18.9 Å². The zero-order valence-electron chi connectivity index (χ0n) is 20.2. The van der Waals surface area contributed by atoms with Crippen molar-refractivity contribution in [3.63, 3.8) is 0 Å². The first kappa shape index (κ1) is 27.3. The van der Waals surface area contributed by atoms with Crippen molar-refractivity contribution < 1.29 is 28.5 Å². The Hall–Kier alpha value is -3.94. The van der Waals surface area contributed by atoms with Crippen molar-refractivity contribution in [3.05, 3.63) is 66.3 Å². The highest BCUT2D eigenvalue weighted by Crippen LogP contribution is 2.23. The molecule has 0 aliphatic rings. The molecule has 8 nitrogen and oxygen atoms in total. The van der Waals surface area contributed by atoms with Gasteiger partial charge in [-0.2, -0.15) is 0 Å². The summed E-state index contributed by atoms with van der Waals surface area (Å²) in [6.07, 6.45) is 6.92. The molecule has 2 aromatic rings. The van der Waals surface area contributed by atoms with Crippen LogP contribution in [0.4, 0.5) is 11.4 Å². The second kappa shape index (κ2) is 15.1. The van der Waals surface area contributed by atoms with Gasteiger partial charge in [0, 0.05) is 17.3 Å². The predicted molar refractivity (Wildman–Crippen MR) is 137 cm³/mol. The number of anilines is 2. The number of ether oxygens (including phenoxy) is 4. The molecule has 0 aromatic heterocycles. The average molecular weight is 483 g/mol. The van der Waals surface area contributed by atoms with Crippen LogP contribution in [0.5, 0.6) is 11.5 Å². The number of carbonyl (C=O) groups excluding carboxylic acids is 2. The van der Waals surface area contributed by atoms with Crippen LogP contribution in [0.15, 0.2) is 60.7 Å². The monoisotopic (exact) mass is 482 g/mol. The van der Waals surface area contributed by atoms with Gasteiger partial charge < -0.3 is 30.4 Å². The molecule has 0 aliphatic heterocycles. The standard InChI is InChI=1S/C27H34N2O6/c1-20(2)27(31)35-18-17-34-26(30)14-9-21-7-11-23(12-8-21)32-15-5-3-4-6-16-33-25-13-10-22(28)19-24(25)29/h7-14,19H,1,3-6,15-18,28-29H2,2H3/b14-9+. The molecule has 0 unspecified atom stereocenters. The Morgan fingerprint density at radius 1 is 0.857 bits per heavy atom. The molecule has 2 aromatic carbocycles. The minimum Gasteiger partial charge on any atom is -0.494 e. The van der Waals surface area contributed by atoms with Crippen LogP contribution >= 0.6 is 0 Å². The number of esters is 2. The molecule has 0 saturated heterocycles. The Morgan fingerprint density at radius 3 is 2.17 bits per heavy atom.